The van der Waals surface area contributed by atoms with E-state index in [1.165, 1.54) is 38.4 Å². The molecule has 1 aliphatic carbocycles. The second kappa shape index (κ2) is 12.7. The van der Waals surface area contributed by atoms with Crippen LogP contribution in [-0.4, -0.2) is 42.1 Å². The third-order valence-corrected chi connectivity index (χ3v) is 6.88. The van der Waals surface area contributed by atoms with Crippen LogP contribution in [0.15, 0.2) is 30.5 Å². The van der Waals surface area contributed by atoms with E-state index in [1.807, 2.05) is 20.8 Å². The van der Waals surface area contributed by atoms with Crippen LogP contribution in [0.25, 0.3) is 0 Å². The zero-order valence-electron chi connectivity index (χ0n) is 22.0. The summed E-state index contributed by atoms with van der Waals surface area (Å²) < 4.78 is 30.3. The Morgan fingerprint density at radius 3 is 2.57 bits per heavy atom. The van der Waals surface area contributed by atoms with E-state index in [0.717, 1.165) is 17.5 Å². The Bertz CT molecular complexity index is 1130. The van der Waals surface area contributed by atoms with Crippen LogP contribution in [-0.2, 0) is 20.7 Å². The maximum atomic E-state index is 13.7. The molecule has 0 radical (unpaired) electrons. The molecule has 9 heteroatoms. The SMILES string of the molecule is CCC(CC)C(=O)Oc1c(OC)ccnc1C(=O)N[C@@H](C)C(=O)OC1CCCc2cc(F)ccc2C1C. The van der Waals surface area contributed by atoms with Crippen molar-refractivity contribution < 1.29 is 33.0 Å². The number of methoxy groups -OCH3 is 1. The largest absolute Gasteiger partial charge is 0.493 e. The number of carbonyl (C=O) groups excluding carboxylic acids is 3. The molecule has 0 bridgehead atoms. The molecule has 8 nitrogen and oxygen atoms in total. The number of aryl methyl sites for hydroxylation is 1. The summed E-state index contributed by atoms with van der Waals surface area (Å²) in [5.41, 5.74) is 1.71. The topological polar surface area (TPSA) is 104 Å². The molecular weight excluding hydrogens is 479 g/mol. The lowest BCUT2D eigenvalue weighted by atomic mass is 9.92. The Hall–Kier alpha value is -3.49. The number of amides is 1. The average Bonchev–Trinajstić information content (AvgIpc) is 3.02. The smallest absolute Gasteiger partial charge is 0.328 e. The molecule has 1 aliphatic rings. The molecule has 37 heavy (non-hydrogen) atoms. The van der Waals surface area contributed by atoms with Gasteiger partial charge in [-0.05, 0) is 62.3 Å². The van der Waals surface area contributed by atoms with E-state index >= 15 is 0 Å². The summed E-state index contributed by atoms with van der Waals surface area (Å²) in [7, 11) is 1.39. The third-order valence-electron chi connectivity index (χ3n) is 6.88. The van der Waals surface area contributed by atoms with Crippen LogP contribution < -0.4 is 14.8 Å². The van der Waals surface area contributed by atoms with Gasteiger partial charge < -0.3 is 19.5 Å². The molecule has 0 aliphatic heterocycles. The van der Waals surface area contributed by atoms with Gasteiger partial charge in [0.15, 0.2) is 11.4 Å². The second-order valence-corrected chi connectivity index (χ2v) is 9.32. The molecule has 0 spiro atoms. The molecule has 2 unspecified atom stereocenters. The maximum Gasteiger partial charge on any atom is 0.328 e. The first-order valence-electron chi connectivity index (χ1n) is 12.7. The Balaban J connectivity index is 1.72. The van der Waals surface area contributed by atoms with E-state index in [4.69, 9.17) is 14.2 Å². The fourth-order valence-corrected chi connectivity index (χ4v) is 4.57. The molecule has 1 N–H and O–H groups in total. The first-order chi connectivity index (χ1) is 17.7. The van der Waals surface area contributed by atoms with Gasteiger partial charge in [0.2, 0.25) is 5.75 Å². The van der Waals surface area contributed by atoms with Crippen molar-refractivity contribution in [3.8, 4) is 11.5 Å². The highest BCUT2D eigenvalue weighted by Crippen LogP contribution is 2.33. The van der Waals surface area contributed by atoms with Gasteiger partial charge in [0.25, 0.3) is 5.91 Å². The number of halogens is 1. The summed E-state index contributed by atoms with van der Waals surface area (Å²) in [6.45, 7) is 7.22. The third kappa shape index (κ3) is 6.64. The maximum absolute atomic E-state index is 13.7. The number of pyridine rings is 1. The van der Waals surface area contributed by atoms with Gasteiger partial charge in [-0.3, -0.25) is 9.59 Å². The summed E-state index contributed by atoms with van der Waals surface area (Å²) in [5, 5.41) is 2.59. The van der Waals surface area contributed by atoms with Crippen molar-refractivity contribution in [2.75, 3.05) is 7.11 Å². The van der Waals surface area contributed by atoms with E-state index in [1.54, 1.807) is 6.07 Å². The van der Waals surface area contributed by atoms with Gasteiger partial charge in [-0.2, -0.15) is 0 Å². The first-order valence-corrected chi connectivity index (χ1v) is 12.7. The minimum Gasteiger partial charge on any atom is -0.493 e. The van der Waals surface area contributed by atoms with Gasteiger partial charge in [-0.1, -0.05) is 26.8 Å². The lowest BCUT2D eigenvalue weighted by molar-refractivity contribution is -0.152. The van der Waals surface area contributed by atoms with Gasteiger partial charge in [0.05, 0.1) is 13.0 Å². The number of hydrogen-bond donors (Lipinski definition) is 1. The molecular formula is C28H35FN2O6. The normalized spacial score (nSPS) is 17.8. The van der Waals surface area contributed by atoms with E-state index in [0.29, 0.717) is 25.7 Å². The Kier molecular flexibility index (Phi) is 9.60. The number of rotatable bonds is 9. The number of fused-ring (bicyclic) bond motifs is 1. The number of nitrogens with zero attached hydrogens (tertiary/aromatic N) is 1. The summed E-state index contributed by atoms with van der Waals surface area (Å²) in [6, 6.07) is 5.18. The zero-order chi connectivity index (χ0) is 27.1. The van der Waals surface area contributed by atoms with Gasteiger partial charge in [0, 0.05) is 18.2 Å². The summed E-state index contributed by atoms with van der Waals surface area (Å²) in [5.74, 6) is -2.45. The van der Waals surface area contributed by atoms with Crippen molar-refractivity contribution in [3.05, 3.63) is 53.1 Å². The summed E-state index contributed by atoms with van der Waals surface area (Å²) in [4.78, 5) is 42.7. The van der Waals surface area contributed by atoms with Crippen LogP contribution in [0.3, 0.4) is 0 Å². The minimum atomic E-state index is -0.994. The van der Waals surface area contributed by atoms with Crippen LogP contribution in [0.2, 0.25) is 0 Å². The Morgan fingerprint density at radius 1 is 1.16 bits per heavy atom. The number of aromatic nitrogens is 1. The predicted molar refractivity (Wildman–Crippen MR) is 135 cm³/mol. The van der Waals surface area contributed by atoms with Gasteiger partial charge in [0.1, 0.15) is 18.0 Å². The molecule has 1 aromatic carbocycles. The number of carbonyl (C=O) groups is 3. The van der Waals surface area contributed by atoms with Crippen LogP contribution in [0.4, 0.5) is 4.39 Å². The van der Waals surface area contributed by atoms with Gasteiger partial charge in [-0.15, -0.1) is 0 Å². The van der Waals surface area contributed by atoms with Crippen molar-refractivity contribution in [3.63, 3.8) is 0 Å². The average molecular weight is 515 g/mol. The Labute approximate surface area is 216 Å². The molecule has 0 fully saturated rings. The minimum absolute atomic E-state index is 0.0961. The van der Waals surface area contributed by atoms with Crippen LogP contribution >= 0.6 is 0 Å². The van der Waals surface area contributed by atoms with Gasteiger partial charge in [-0.25, -0.2) is 14.2 Å². The molecule has 1 amide bonds. The van der Waals surface area contributed by atoms with Crippen molar-refractivity contribution in [2.45, 2.75) is 77.9 Å². The molecule has 3 atom stereocenters. The van der Waals surface area contributed by atoms with Crippen molar-refractivity contribution in [2.24, 2.45) is 5.92 Å². The quantitative estimate of drug-likeness (QED) is 0.381. The first kappa shape index (κ1) is 28.1. The van der Waals surface area contributed by atoms with Crippen LogP contribution in [0, 0.1) is 11.7 Å². The standard InChI is InChI=1S/C28H35FN2O6/c1-6-18(7-2)28(34)37-25-23(35-5)13-14-30-24(25)26(32)31-17(4)27(33)36-22-10-8-9-19-15-20(29)11-12-21(19)16(22)3/h11-18,22H,6-10H2,1-5H3,(H,31,32)/t16?,17-,22?/m0/s1. The monoisotopic (exact) mass is 514 g/mol. The van der Waals surface area contributed by atoms with E-state index in [-0.39, 0.29) is 34.8 Å². The molecule has 3 rings (SSSR count). The predicted octanol–water partition coefficient (Wildman–Crippen LogP) is 4.74. The van der Waals surface area contributed by atoms with E-state index in [9.17, 15) is 18.8 Å². The highest BCUT2D eigenvalue weighted by Gasteiger charge is 2.31. The molecule has 0 saturated carbocycles. The number of ether oxygens (including phenoxy) is 3. The molecule has 200 valence electrons. The zero-order valence-corrected chi connectivity index (χ0v) is 22.0. The molecule has 1 heterocycles. The van der Waals surface area contributed by atoms with Crippen molar-refractivity contribution in [1.82, 2.24) is 10.3 Å². The number of esters is 2. The number of nitrogens with one attached hydrogen (secondary N) is 1. The number of hydrogen-bond acceptors (Lipinski definition) is 7. The molecule has 2 aromatic rings. The highest BCUT2D eigenvalue weighted by molar-refractivity contribution is 5.98. The fourth-order valence-electron chi connectivity index (χ4n) is 4.57. The van der Waals surface area contributed by atoms with Crippen molar-refractivity contribution >= 4 is 17.8 Å². The molecule has 0 saturated heterocycles. The Morgan fingerprint density at radius 2 is 1.89 bits per heavy atom. The highest BCUT2D eigenvalue weighted by atomic mass is 19.1. The summed E-state index contributed by atoms with van der Waals surface area (Å²) in [6.07, 6.45) is 4.19. The second-order valence-electron chi connectivity index (χ2n) is 9.32. The summed E-state index contributed by atoms with van der Waals surface area (Å²) >= 11 is 0. The lowest BCUT2D eigenvalue weighted by Gasteiger charge is -2.25. The molecule has 1 aromatic heterocycles. The van der Waals surface area contributed by atoms with Crippen LogP contribution in [0.1, 0.15) is 80.9 Å². The van der Waals surface area contributed by atoms with Gasteiger partial charge >= 0.3 is 11.9 Å². The number of benzene rings is 1. The van der Waals surface area contributed by atoms with Crippen molar-refractivity contribution in [1.29, 1.82) is 0 Å². The van der Waals surface area contributed by atoms with Crippen LogP contribution in [0.5, 0.6) is 11.5 Å². The fraction of sp³-hybridized carbons (Fsp3) is 0.500. The lowest BCUT2D eigenvalue weighted by Crippen LogP contribution is -2.42. The van der Waals surface area contributed by atoms with E-state index < -0.39 is 30.0 Å². The van der Waals surface area contributed by atoms with E-state index in [2.05, 4.69) is 10.3 Å².